The zero-order valence-electron chi connectivity index (χ0n) is 15.7. The molecule has 0 spiro atoms. The van der Waals surface area contributed by atoms with Crippen LogP contribution in [0.25, 0.3) is 0 Å². The van der Waals surface area contributed by atoms with E-state index >= 15 is 0 Å². The number of para-hydroxylation sites is 1. The Bertz CT molecular complexity index is 611. The predicted molar refractivity (Wildman–Crippen MR) is 123 cm³/mol. The van der Waals surface area contributed by atoms with Crippen molar-refractivity contribution in [3.63, 3.8) is 0 Å². The van der Waals surface area contributed by atoms with E-state index in [-0.39, 0.29) is 29.9 Å². The maximum absolute atomic E-state index is 11.7. The van der Waals surface area contributed by atoms with E-state index in [0.717, 1.165) is 36.5 Å². The zero-order valence-corrected chi connectivity index (χ0v) is 19.6. The molecule has 2 N–H and O–H groups in total. The van der Waals surface area contributed by atoms with Crippen LogP contribution in [0, 0.1) is 0 Å². The molecule has 0 radical (unpaired) electrons. The number of carbonyl (C=O) groups is 1. The van der Waals surface area contributed by atoms with Gasteiger partial charge in [-0.25, -0.2) is 0 Å². The van der Waals surface area contributed by atoms with Gasteiger partial charge in [0.2, 0.25) is 5.91 Å². The third kappa shape index (κ3) is 6.94. The van der Waals surface area contributed by atoms with E-state index in [9.17, 15) is 4.79 Å². The molecule has 146 valence electrons. The third-order valence-corrected chi connectivity index (χ3v) is 4.83. The number of nitrogens with zero attached hydrogens (tertiary/aromatic N) is 3. The highest BCUT2D eigenvalue weighted by Gasteiger charge is 2.24. The number of carbonyl (C=O) groups excluding carboxylic acids is 1. The molecule has 2 rings (SSSR count). The Balaban J connectivity index is 0.00000338. The van der Waals surface area contributed by atoms with Crippen molar-refractivity contribution in [2.24, 2.45) is 4.99 Å². The number of amides is 1. The molecule has 0 saturated carbocycles. The molecule has 1 atom stereocenters. The van der Waals surface area contributed by atoms with Crippen molar-refractivity contribution >= 4 is 57.5 Å². The Morgan fingerprint density at radius 3 is 2.77 bits per heavy atom. The summed E-state index contributed by atoms with van der Waals surface area (Å²) in [6.45, 7) is 5.29. The fraction of sp³-hybridized carbons (Fsp3) is 0.556. The first-order valence-corrected chi connectivity index (χ1v) is 9.55. The van der Waals surface area contributed by atoms with E-state index in [4.69, 9.17) is 0 Å². The number of anilines is 1. The lowest BCUT2D eigenvalue weighted by Crippen LogP contribution is -2.44. The normalized spacial score (nSPS) is 16.8. The molecule has 0 aliphatic carbocycles. The van der Waals surface area contributed by atoms with Crippen LogP contribution in [0.4, 0.5) is 5.69 Å². The molecule has 1 aliphatic heterocycles. The molecule has 26 heavy (non-hydrogen) atoms. The second kappa shape index (κ2) is 11.6. The molecule has 1 fully saturated rings. The molecule has 1 aliphatic rings. The van der Waals surface area contributed by atoms with E-state index in [1.807, 2.05) is 13.0 Å². The maximum atomic E-state index is 11.7. The Labute approximate surface area is 181 Å². The van der Waals surface area contributed by atoms with E-state index in [0.29, 0.717) is 19.0 Å². The minimum Gasteiger partial charge on any atom is -0.368 e. The monoisotopic (exact) mass is 537 g/mol. The van der Waals surface area contributed by atoms with Crippen molar-refractivity contribution in [2.45, 2.75) is 25.8 Å². The summed E-state index contributed by atoms with van der Waals surface area (Å²) in [7, 11) is 3.54. The summed E-state index contributed by atoms with van der Waals surface area (Å²) in [5, 5.41) is 6.76. The number of benzene rings is 1. The van der Waals surface area contributed by atoms with Crippen LogP contribution in [-0.2, 0) is 4.79 Å². The van der Waals surface area contributed by atoms with Crippen LogP contribution in [-0.4, -0.2) is 63.1 Å². The van der Waals surface area contributed by atoms with Gasteiger partial charge < -0.3 is 20.4 Å². The summed E-state index contributed by atoms with van der Waals surface area (Å²) in [5.41, 5.74) is 1.23. The first kappa shape index (κ1) is 23.0. The molecule has 1 aromatic carbocycles. The van der Waals surface area contributed by atoms with Gasteiger partial charge in [0.25, 0.3) is 0 Å². The molecular formula is C18H29BrIN5O. The van der Waals surface area contributed by atoms with Gasteiger partial charge in [-0.2, -0.15) is 0 Å². The Hall–Kier alpha value is -1.03. The standard InChI is InChI=1S/C18H28BrN5O.HI/c1-4-20-18(21-11-9-17(25)23(2)3)22-14-10-12-24(13-14)16-8-6-5-7-15(16)19;/h5-8,14H,4,9-13H2,1-3H3,(H2,20,21,22);1H. The quantitative estimate of drug-likeness (QED) is 0.333. The van der Waals surface area contributed by atoms with Crippen molar-refractivity contribution in [2.75, 3.05) is 45.2 Å². The van der Waals surface area contributed by atoms with E-state index in [1.165, 1.54) is 5.69 Å². The average molecular weight is 538 g/mol. The van der Waals surface area contributed by atoms with Crippen molar-refractivity contribution in [1.82, 2.24) is 15.5 Å². The molecule has 1 amide bonds. The van der Waals surface area contributed by atoms with Gasteiger partial charge in [-0.15, -0.1) is 24.0 Å². The molecule has 8 heteroatoms. The van der Waals surface area contributed by atoms with Gasteiger partial charge in [-0.05, 0) is 41.4 Å². The predicted octanol–water partition coefficient (Wildman–Crippen LogP) is 2.68. The number of rotatable bonds is 6. The minimum atomic E-state index is 0. The zero-order chi connectivity index (χ0) is 18.2. The minimum absolute atomic E-state index is 0. The van der Waals surface area contributed by atoms with Crippen molar-refractivity contribution < 1.29 is 4.79 Å². The van der Waals surface area contributed by atoms with E-state index < -0.39 is 0 Å². The van der Waals surface area contributed by atoms with Crippen molar-refractivity contribution in [1.29, 1.82) is 0 Å². The maximum Gasteiger partial charge on any atom is 0.223 e. The summed E-state index contributed by atoms with van der Waals surface area (Å²) < 4.78 is 1.12. The summed E-state index contributed by atoms with van der Waals surface area (Å²) in [4.78, 5) is 20.2. The van der Waals surface area contributed by atoms with Gasteiger partial charge in [0.15, 0.2) is 5.96 Å². The van der Waals surface area contributed by atoms with Crippen LogP contribution in [0.3, 0.4) is 0 Å². The molecule has 0 bridgehead atoms. The van der Waals surface area contributed by atoms with Crippen molar-refractivity contribution in [3.05, 3.63) is 28.7 Å². The number of guanidine groups is 1. The van der Waals surface area contributed by atoms with E-state index in [2.05, 4.69) is 54.7 Å². The lowest BCUT2D eigenvalue weighted by Gasteiger charge is -2.21. The van der Waals surface area contributed by atoms with Gasteiger partial charge in [0.1, 0.15) is 0 Å². The SMILES string of the molecule is CCNC(=NCCC(=O)N(C)C)NC1CCN(c2ccccc2Br)C1.I. The molecule has 0 aromatic heterocycles. The topological polar surface area (TPSA) is 60.0 Å². The number of hydrogen-bond acceptors (Lipinski definition) is 3. The highest BCUT2D eigenvalue weighted by Crippen LogP contribution is 2.28. The number of halogens is 2. The molecule has 1 saturated heterocycles. The fourth-order valence-corrected chi connectivity index (χ4v) is 3.34. The van der Waals surface area contributed by atoms with Gasteiger partial charge >= 0.3 is 0 Å². The highest BCUT2D eigenvalue weighted by atomic mass is 127. The molecular weight excluding hydrogens is 509 g/mol. The van der Waals surface area contributed by atoms with E-state index in [1.54, 1.807) is 19.0 Å². The van der Waals surface area contributed by atoms with Gasteiger partial charge in [-0.3, -0.25) is 9.79 Å². The summed E-state index contributed by atoms with van der Waals surface area (Å²) in [6, 6.07) is 8.65. The summed E-state index contributed by atoms with van der Waals surface area (Å²) in [5.74, 6) is 0.883. The molecule has 1 aromatic rings. The molecule has 1 heterocycles. The van der Waals surface area contributed by atoms with Crippen LogP contribution in [0.1, 0.15) is 19.8 Å². The fourth-order valence-electron chi connectivity index (χ4n) is 2.81. The second-order valence-corrected chi connectivity index (χ2v) is 7.18. The molecule has 6 nitrogen and oxygen atoms in total. The number of aliphatic imine (C=N–C) groups is 1. The Morgan fingerprint density at radius 2 is 2.12 bits per heavy atom. The smallest absolute Gasteiger partial charge is 0.223 e. The largest absolute Gasteiger partial charge is 0.368 e. The summed E-state index contributed by atoms with van der Waals surface area (Å²) in [6.07, 6.45) is 1.49. The summed E-state index contributed by atoms with van der Waals surface area (Å²) >= 11 is 3.63. The second-order valence-electron chi connectivity index (χ2n) is 6.33. The van der Waals surface area contributed by atoms with Crippen LogP contribution < -0.4 is 15.5 Å². The third-order valence-electron chi connectivity index (χ3n) is 4.16. The van der Waals surface area contributed by atoms with Gasteiger partial charge in [-0.1, -0.05) is 12.1 Å². The van der Waals surface area contributed by atoms with Crippen LogP contribution in [0.2, 0.25) is 0 Å². The Morgan fingerprint density at radius 1 is 1.38 bits per heavy atom. The van der Waals surface area contributed by atoms with Gasteiger partial charge in [0, 0.05) is 50.7 Å². The van der Waals surface area contributed by atoms with Crippen LogP contribution in [0.5, 0.6) is 0 Å². The molecule has 1 unspecified atom stereocenters. The van der Waals surface area contributed by atoms with Crippen molar-refractivity contribution in [3.8, 4) is 0 Å². The Kier molecular flexibility index (Phi) is 10.3. The first-order chi connectivity index (χ1) is 12.0. The first-order valence-electron chi connectivity index (χ1n) is 8.75. The number of hydrogen-bond donors (Lipinski definition) is 2. The van der Waals surface area contributed by atoms with Crippen LogP contribution >= 0.6 is 39.9 Å². The lowest BCUT2D eigenvalue weighted by atomic mass is 10.2. The van der Waals surface area contributed by atoms with Crippen LogP contribution in [0.15, 0.2) is 33.7 Å². The lowest BCUT2D eigenvalue weighted by molar-refractivity contribution is -0.128. The van der Waals surface area contributed by atoms with Gasteiger partial charge in [0.05, 0.1) is 12.2 Å². The number of nitrogens with one attached hydrogen (secondary N) is 2. The highest BCUT2D eigenvalue weighted by molar-refractivity contribution is 14.0. The average Bonchev–Trinajstić information content (AvgIpc) is 3.03.